The molecule has 51 heavy (non-hydrogen) atoms. The zero-order chi connectivity index (χ0) is 38.1. The normalized spacial score (nSPS) is 19.7. The molecule has 0 saturated carbocycles. The maximum Gasteiger partial charge on any atom is 0.244 e. The zero-order valence-corrected chi connectivity index (χ0v) is 28.1. The minimum absolute atomic E-state index is 0.00135. The number of nitrogens with zero attached hydrogens (tertiary/aromatic N) is 1. The molecule has 1 fully saturated rings. The summed E-state index contributed by atoms with van der Waals surface area (Å²) in [5, 5.41) is 23.8. The van der Waals surface area contributed by atoms with Crippen LogP contribution in [0.1, 0.15) is 44.9 Å². The molecule has 20 nitrogen and oxygen atoms in total. The third kappa shape index (κ3) is 13.7. The summed E-state index contributed by atoms with van der Waals surface area (Å²) >= 11 is 0. The topological polar surface area (TPSA) is 327 Å². The van der Waals surface area contributed by atoms with E-state index in [1.54, 1.807) is 18.2 Å². The van der Waals surface area contributed by atoms with E-state index < -0.39 is 109 Å². The molecule has 0 aromatic heterocycles. The maximum atomic E-state index is 13.9. The molecule has 2 rings (SSSR count). The van der Waals surface area contributed by atoms with Crippen molar-refractivity contribution in [3.05, 3.63) is 30.3 Å². The minimum atomic E-state index is -1.75. The fraction of sp³-hybridized carbons (Fsp3) is 0.516. The highest BCUT2D eigenvalue weighted by atomic mass is 16.3. The van der Waals surface area contributed by atoms with Gasteiger partial charge in [-0.3, -0.25) is 43.2 Å². The fourth-order valence-corrected chi connectivity index (χ4v) is 4.99. The first-order valence-corrected chi connectivity index (χ1v) is 16.2. The van der Waals surface area contributed by atoms with Crippen LogP contribution in [-0.2, 0) is 43.2 Å². The van der Waals surface area contributed by atoms with E-state index in [9.17, 15) is 48.3 Å². The third-order valence-electron chi connectivity index (χ3n) is 7.69. The van der Waals surface area contributed by atoms with Crippen LogP contribution >= 0.6 is 0 Å². The van der Waals surface area contributed by atoms with Gasteiger partial charge in [0.1, 0.15) is 36.8 Å². The van der Waals surface area contributed by atoms with Crippen molar-refractivity contribution in [2.45, 2.75) is 75.2 Å². The van der Waals surface area contributed by atoms with Gasteiger partial charge in [-0.15, -0.1) is 0 Å². The van der Waals surface area contributed by atoms with Gasteiger partial charge in [-0.2, -0.15) is 0 Å². The number of benzene rings is 1. The smallest absolute Gasteiger partial charge is 0.244 e. The Morgan fingerprint density at radius 2 is 1.55 bits per heavy atom. The molecule has 1 aliphatic rings. The number of carbonyl (C=O) groups is 9. The molecule has 1 aliphatic heterocycles. The number of primary amides is 2. The average Bonchev–Trinajstić information content (AvgIpc) is 3.09. The number of unbranched alkanes of at least 4 members (excludes halogenated alkanes) is 1. The van der Waals surface area contributed by atoms with Crippen LogP contribution in [-0.4, -0.2) is 115 Å². The molecular weight excluding hydrogens is 672 g/mol. The predicted octanol–water partition coefficient (Wildman–Crippen LogP) is -5.14. The highest BCUT2D eigenvalue weighted by molar-refractivity contribution is 6.04. The predicted molar refractivity (Wildman–Crippen MR) is 179 cm³/mol. The van der Waals surface area contributed by atoms with Crippen molar-refractivity contribution in [3.63, 3.8) is 0 Å². The summed E-state index contributed by atoms with van der Waals surface area (Å²) in [6, 6.07) is 0.193. The fourth-order valence-electron chi connectivity index (χ4n) is 4.99. The Morgan fingerprint density at radius 3 is 2.14 bits per heavy atom. The Hall–Kier alpha value is -5.63. The number of aliphatic hydroxyl groups is 1. The number of aliphatic hydroxyl groups excluding tert-OH is 1. The van der Waals surface area contributed by atoms with Crippen LogP contribution in [0.25, 0.3) is 0 Å². The monoisotopic (exact) mass is 718 g/mol. The van der Waals surface area contributed by atoms with Gasteiger partial charge in [-0.1, -0.05) is 18.2 Å². The second kappa shape index (κ2) is 20.8. The lowest BCUT2D eigenvalue weighted by molar-refractivity contribution is -0.136. The van der Waals surface area contributed by atoms with Crippen LogP contribution in [0.5, 0.6) is 0 Å². The number of anilines is 1. The molecule has 1 heterocycles. The Balaban J connectivity index is 2.57. The van der Waals surface area contributed by atoms with Crippen LogP contribution in [0.2, 0.25) is 0 Å². The van der Waals surface area contributed by atoms with Crippen molar-refractivity contribution in [2.75, 3.05) is 31.6 Å². The molecule has 0 aliphatic carbocycles. The second-order valence-corrected chi connectivity index (χ2v) is 11.6. The molecule has 9 amide bonds. The number of likely N-dealkylation sites (N-methyl/N-ethyl adjacent to an activating group) is 1. The van der Waals surface area contributed by atoms with Gasteiger partial charge in [-0.25, -0.2) is 0 Å². The summed E-state index contributed by atoms with van der Waals surface area (Å²) < 4.78 is 0. The molecule has 1 saturated heterocycles. The van der Waals surface area contributed by atoms with Crippen molar-refractivity contribution in [3.8, 4) is 0 Å². The van der Waals surface area contributed by atoms with E-state index in [0.29, 0.717) is 12.8 Å². The molecular formula is C31H46N10O10. The summed E-state index contributed by atoms with van der Waals surface area (Å²) in [6.45, 7) is -1.17. The van der Waals surface area contributed by atoms with Gasteiger partial charge < -0.3 is 59.1 Å². The molecule has 20 heteroatoms. The van der Waals surface area contributed by atoms with Crippen molar-refractivity contribution in [1.82, 2.24) is 31.9 Å². The van der Waals surface area contributed by atoms with Gasteiger partial charge in [-0.05, 0) is 44.4 Å². The number of hydrogen-bond donors (Lipinski definition) is 10. The van der Waals surface area contributed by atoms with Gasteiger partial charge in [0.05, 0.1) is 19.4 Å². The van der Waals surface area contributed by atoms with Crippen LogP contribution < -0.4 is 54.0 Å². The average molecular weight is 719 g/mol. The highest BCUT2D eigenvalue weighted by Crippen LogP contribution is 2.16. The van der Waals surface area contributed by atoms with Gasteiger partial charge >= 0.3 is 0 Å². The number of rotatable bonds is 16. The van der Waals surface area contributed by atoms with Crippen molar-refractivity contribution >= 4 is 58.9 Å². The molecule has 5 atom stereocenters. The SMILES string of the molecule is CNC(=O)[C@H](CO)NC(=O)[C@H](CCCCN)NC(=O)[C@H]1CC(=O)N(c2ccccc2)CC(=O)N[C@@H](CCC(N)=O)C(=O)N[C@@H](CC(N)=O)C(=O)N1. The van der Waals surface area contributed by atoms with Crippen LogP contribution in [0.15, 0.2) is 30.3 Å². The molecule has 0 bridgehead atoms. The lowest BCUT2D eigenvalue weighted by atomic mass is 10.0. The van der Waals surface area contributed by atoms with E-state index in [-0.39, 0.29) is 31.5 Å². The van der Waals surface area contributed by atoms with E-state index in [4.69, 9.17) is 17.2 Å². The number of nitrogens with one attached hydrogen (secondary N) is 6. The largest absolute Gasteiger partial charge is 0.394 e. The van der Waals surface area contributed by atoms with Crippen LogP contribution in [0, 0.1) is 0 Å². The van der Waals surface area contributed by atoms with E-state index in [2.05, 4.69) is 31.9 Å². The quantitative estimate of drug-likeness (QED) is 0.0721. The van der Waals surface area contributed by atoms with Gasteiger partial charge in [0.2, 0.25) is 53.2 Å². The first-order valence-electron chi connectivity index (χ1n) is 16.2. The lowest BCUT2D eigenvalue weighted by Gasteiger charge is -2.27. The maximum absolute atomic E-state index is 13.9. The molecule has 0 spiro atoms. The molecule has 1 aromatic carbocycles. The summed E-state index contributed by atoms with van der Waals surface area (Å²) in [5.41, 5.74) is 16.4. The van der Waals surface area contributed by atoms with E-state index >= 15 is 0 Å². The number of amides is 9. The standard InChI is InChI=1S/C31H46N10O10/c1-35-27(47)22(16-42)40-28(48)18(9-5-6-12-32)37-31(51)21-14-26(46)41(17-7-3-2-4-8-17)15-25(45)36-19(10-11-23(33)43)29(49)38-20(13-24(34)44)30(50)39-21/h2-4,7-8,18-22,42H,5-6,9-16,32H2,1H3,(H2,33,43)(H2,34,44)(H,35,47)(H,36,45)(H,37,51)(H,38,49)(H,39,50)(H,40,48)/t18-,19-,20-,21+,22-/m0/s1. The molecule has 0 radical (unpaired) electrons. The summed E-state index contributed by atoms with van der Waals surface area (Å²) in [4.78, 5) is 118. The van der Waals surface area contributed by atoms with Crippen LogP contribution in [0.4, 0.5) is 5.69 Å². The van der Waals surface area contributed by atoms with Gasteiger partial charge in [0, 0.05) is 19.2 Å². The van der Waals surface area contributed by atoms with Crippen molar-refractivity contribution in [1.29, 1.82) is 0 Å². The first kappa shape index (κ1) is 41.5. The van der Waals surface area contributed by atoms with Gasteiger partial charge in [0.15, 0.2) is 0 Å². The molecule has 280 valence electrons. The summed E-state index contributed by atoms with van der Waals surface area (Å²) in [5.74, 6) is -8.27. The molecule has 1 aromatic rings. The number of carbonyl (C=O) groups excluding carboxylic acids is 9. The number of para-hydroxylation sites is 1. The Labute approximate surface area is 293 Å². The summed E-state index contributed by atoms with van der Waals surface area (Å²) in [6.07, 6.45) is -1.42. The molecule has 13 N–H and O–H groups in total. The van der Waals surface area contributed by atoms with Gasteiger partial charge in [0.25, 0.3) is 0 Å². The Bertz CT molecular complexity index is 1440. The van der Waals surface area contributed by atoms with E-state index in [1.165, 1.54) is 19.2 Å². The minimum Gasteiger partial charge on any atom is -0.394 e. The Kier molecular flexibility index (Phi) is 16.9. The molecule has 0 unspecified atom stereocenters. The lowest BCUT2D eigenvalue weighted by Crippen LogP contribution is -2.60. The van der Waals surface area contributed by atoms with Crippen LogP contribution in [0.3, 0.4) is 0 Å². The summed E-state index contributed by atoms with van der Waals surface area (Å²) in [7, 11) is 1.29. The van der Waals surface area contributed by atoms with E-state index in [1.807, 2.05) is 0 Å². The first-order chi connectivity index (χ1) is 24.2. The third-order valence-corrected chi connectivity index (χ3v) is 7.69. The zero-order valence-electron chi connectivity index (χ0n) is 28.1. The number of nitrogens with two attached hydrogens (primary N) is 3. The van der Waals surface area contributed by atoms with Crippen molar-refractivity contribution in [2.24, 2.45) is 17.2 Å². The second-order valence-electron chi connectivity index (χ2n) is 11.6. The Morgan fingerprint density at radius 1 is 0.882 bits per heavy atom. The van der Waals surface area contributed by atoms with E-state index in [0.717, 1.165) is 4.90 Å². The van der Waals surface area contributed by atoms with Crippen molar-refractivity contribution < 1.29 is 48.3 Å². The highest BCUT2D eigenvalue weighted by Gasteiger charge is 2.36. The number of hydrogen-bond acceptors (Lipinski definition) is 11.